The van der Waals surface area contributed by atoms with Gasteiger partial charge in [-0.3, -0.25) is 10.1 Å². The lowest BCUT2D eigenvalue weighted by Gasteiger charge is -1.92. The maximum Gasteiger partial charge on any atom is 0.255 e. The summed E-state index contributed by atoms with van der Waals surface area (Å²) in [7, 11) is 0. The van der Waals surface area contributed by atoms with Crippen LogP contribution in [0, 0.1) is 10.1 Å². The molecule has 0 fully saturated rings. The summed E-state index contributed by atoms with van der Waals surface area (Å²) in [4.78, 5) is 9.54. The van der Waals surface area contributed by atoms with E-state index in [-0.39, 0.29) is 18.0 Å². The topological polar surface area (TPSA) is 67.9 Å². The molecule has 44 valence electrons. The quantitative estimate of drug-likeness (QED) is 0.359. The van der Waals surface area contributed by atoms with Crippen LogP contribution < -0.4 is 0 Å². The molecular weight excluding hydrogens is 110 g/mol. The van der Waals surface area contributed by atoms with Crippen molar-refractivity contribution in [2.24, 2.45) is 10.2 Å². The van der Waals surface area contributed by atoms with Gasteiger partial charge in [0.15, 0.2) is 0 Å². The zero-order valence-corrected chi connectivity index (χ0v) is 4.15. The van der Waals surface area contributed by atoms with E-state index in [1.165, 1.54) is 0 Å². The molecule has 0 aromatic carbocycles. The van der Waals surface area contributed by atoms with Crippen LogP contribution in [0.3, 0.4) is 0 Å². The van der Waals surface area contributed by atoms with Crippen LogP contribution in [0.4, 0.5) is 0 Å². The van der Waals surface area contributed by atoms with Gasteiger partial charge in [-0.15, -0.1) is 0 Å². The van der Waals surface area contributed by atoms with Gasteiger partial charge >= 0.3 is 0 Å². The second kappa shape index (κ2) is 1.85. The normalized spacial score (nSPS) is 19.5. The molecule has 0 aliphatic carbocycles. The van der Waals surface area contributed by atoms with Crippen molar-refractivity contribution in [1.82, 2.24) is 0 Å². The summed E-state index contributed by atoms with van der Waals surface area (Å²) in [6, 6.07) is -0.546. The molecular formula is C3H5N3O2. The second-order valence-electron chi connectivity index (χ2n) is 1.59. The van der Waals surface area contributed by atoms with Crippen molar-refractivity contribution in [3.8, 4) is 0 Å². The molecule has 0 aromatic rings. The number of nitro groups is 1. The van der Waals surface area contributed by atoms with Crippen LogP contribution in [0.1, 0.15) is 0 Å². The highest BCUT2D eigenvalue weighted by molar-refractivity contribution is 4.66. The van der Waals surface area contributed by atoms with Crippen LogP contribution in [-0.4, -0.2) is 24.1 Å². The Bertz CT molecular complexity index is 124. The van der Waals surface area contributed by atoms with Crippen LogP contribution in [-0.2, 0) is 0 Å². The van der Waals surface area contributed by atoms with E-state index in [1.807, 2.05) is 0 Å². The number of hydrogen-bond acceptors (Lipinski definition) is 4. The van der Waals surface area contributed by atoms with E-state index in [0.29, 0.717) is 0 Å². The molecule has 0 bridgehead atoms. The molecule has 5 nitrogen and oxygen atoms in total. The predicted molar refractivity (Wildman–Crippen MR) is 25.4 cm³/mol. The van der Waals surface area contributed by atoms with E-state index < -0.39 is 6.04 Å². The first kappa shape index (κ1) is 5.14. The van der Waals surface area contributed by atoms with E-state index in [1.54, 1.807) is 0 Å². The van der Waals surface area contributed by atoms with Gasteiger partial charge in [0, 0.05) is 4.92 Å². The number of rotatable bonds is 1. The monoisotopic (exact) mass is 115 g/mol. The van der Waals surface area contributed by atoms with Gasteiger partial charge in [0.05, 0.1) is 0 Å². The van der Waals surface area contributed by atoms with Gasteiger partial charge in [0.2, 0.25) is 0 Å². The van der Waals surface area contributed by atoms with E-state index in [4.69, 9.17) is 0 Å². The lowest BCUT2D eigenvalue weighted by atomic mass is 10.3. The predicted octanol–water partition coefficient (Wildman–Crippen LogP) is 0.0975. The first-order valence-electron chi connectivity index (χ1n) is 2.27. The van der Waals surface area contributed by atoms with Gasteiger partial charge in [-0.25, -0.2) is 0 Å². The highest BCUT2D eigenvalue weighted by Crippen LogP contribution is 1.99. The van der Waals surface area contributed by atoms with Gasteiger partial charge < -0.3 is 0 Å². The fourth-order valence-electron chi connectivity index (χ4n) is 0.495. The molecule has 0 atom stereocenters. The molecule has 0 amide bonds. The first-order chi connectivity index (χ1) is 3.80. The largest absolute Gasteiger partial charge is 0.264 e. The Balaban J connectivity index is 2.41. The standard InChI is InChI=1S/C3H5N3O2/c7-6(8)3-1-4-5-2-3/h3H,1-2H2. The Morgan fingerprint density at radius 1 is 1.50 bits per heavy atom. The summed E-state index contributed by atoms with van der Waals surface area (Å²) < 4.78 is 0. The minimum Gasteiger partial charge on any atom is -0.264 e. The van der Waals surface area contributed by atoms with Gasteiger partial charge in [-0.2, -0.15) is 10.2 Å². The van der Waals surface area contributed by atoms with E-state index in [0.717, 1.165) is 0 Å². The van der Waals surface area contributed by atoms with Gasteiger partial charge in [-0.1, -0.05) is 0 Å². The van der Waals surface area contributed by atoms with Crippen molar-refractivity contribution in [2.45, 2.75) is 6.04 Å². The lowest BCUT2D eigenvalue weighted by molar-refractivity contribution is -0.514. The Labute approximate surface area is 45.6 Å². The van der Waals surface area contributed by atoms with E-state index in [9.17, 15) is 10.1 Å². The highest BCUT2D eigenvalue weighted by Gasteiger charge is 2.22. The summed E-state index contributed by atoms with van der Waals surface area (Å²) >= 11 is 0. The minimum absolute atomic E-state index is 0.257. The molecule has 1 rings (SSSR count). The second-order valence-corrected chi connectivity index (χ2v) is 1.59. The van der Waals surface area contributed by atoms with Crippen molar-refractivity contribution in [3.63, 3.8) is 0 Å². The first-order valence-corrected chi connectivity index (χ1v) is 2.27. The molecule has 0 N–H and O–H groups in total. The van der Waals surface area contributed by atoms with Crippen molar-refractivity contribution >= 4 is 0 Å². The molecule has 0 radical (unpaired) electrons. The zero-order valence-electron chi connectivity index (χ0n) is 4.15. The Hall–Kier alpha value is -1.00. The Kier molecular flexibility index (Phi) is 1.19. The zero-order chi connectivity index (χ0) is 5.98. The van der Waals surface area contributed by atoms with Crippen molar-refractivity contribution in [1.29, 1.82) is 0 Å². The fourth-order valence-corrected chi connectivity index (χ4v) is 0.495. The van der Waals surface area contributed by atoms with Gasteiger partial charge in [-0.05, 0) is 0 Å². The maximum atomic E-state index is 9.89. The van der Waals surface area contributed by atoms with Crippen molar-refractivity contribution in [3.05, 3.63) is 10.1 Å². The van der Waals surface area contributed by atoms with Crippen molar-refractivity contribution < 1.29 is 4.92 Å². The third kappa shape index (κ3) is 0.800. The van der Waals surface area contributed by atoms with E-state index >= 15 is 0 Å². The van der Waals surface area contributed by atoms with Crippen molar-refractivity contribution in [2.75, 3.05) is 13.1 Å². The molecule has 1 aliphatic heterocycles. The lowest BCUT2D eigenvalue weighted by Crippen LogP contribution is -2.21. The molecule has 0 saturated carbocycles. The Morgan fingerprint density at radius 2 is 2.00 bits per heavy atom. The molecule has 0 spiro atoms. The SMILES string of the molecule is O=[N+]([O-])C1CN=NC1. The molecule has 0 saturated heterocycles. The average molecular weight is 115 g/mol. The third-order valence-corrected chi connectivity index (χ3v) is 0.983. The van der Waals surface area contributed by atoms with Crippen LogP contribution in [0.2, 0.25) is 0 Å². The molecule has 8 heavy (non-hydrogen) atoms. The fraction of sp³-hybridized carbons (Fsp3) is 1.00. The molecule has 0 unspecified atom stereocenters. The summed E-state index contributed by atoms with van der Waals surface area (Å²) in [5.41, 5.74) is 0. The summed E-state index contributed by atoms with van der Waals surface area (Å²) in [5, 5.41) is 16.8. The maximum absolute atomic E-state index is 9.89. The average Bonchev–Trinajstić information content (AvgIpc) is 2.12. The number of nitrogens with zero attached hydrogens (tertiary/aromatic N) is 3. The summed E-state index contributed by atoms with van der Waals surface area (Å²) in [5.74, 6) is 0. The highest BCUT2D eigenvalue weighted by atomic mass is 16.6. The smallest absolute Gasteiger partial charge is 0.255 e. The van der Waals surface area contributed by atoms with Gasteiger partial charge in [0.1, 0.15) is 13.1 Å². The van der Waals surface area contributed by atoms with Crippen LogP contribution >= 0.6 is 0 Å². The van der Waals surface area contributed by atoms with E-state index in [2.05, 4.69) is 10.2 Å². The molecule has 0 aromatic heterocycles. The third-order valence-electron chi connectivity index (χ3n) is 0.983. The Morgan fingerprint density at radius 3 is 2.25 bits per heavy atom. The molecule has 1 heterocycles. The molecule has 5 heteroatoms. The van der Waals surface area contributed by atoms with Crippen LogP contribution in [0.5, 0.6) is 0 Å². The number of azo groups is 1. The van der Waals surface area contributed by atoms with Crippen LogP contribution in [0.15, 0.2) is 10.2 Å². The number of hydrogen-bond donors (Lipinski definition) is 0. The molecule has 1 aliphatic rings. The van der Waals surface area contributed by atoms with Crippen LogP contribution in [0.25, 0.3) is 0 Å². The summed E-state index contributed by atoms with van der Waals surface area (Å²) in [6.07, 6.45) is 0. The summed E-state index contributed by atoms with van der Waals surface area (Å²) in [6.45, 7) is 0.514. The minimum atomic E-state index is -0.546. The van der Waals surface area contributed by atoms with Gasteiger partial charge in [0.25, 0.3) is 6.04 Å².